The van der Waals surface area contributed by atoms with Crippen LogP contribution in [0.15, 0.2) is 59.7 Å². The Labute approximate surface area is 167 Å². The molecule has 1 heterocycles. The summed E-state index contributed by atoms with van der Waals surface area (Å²) < 4.78 is 10.9. The largest absolute Gasteiger partial charge is 0.496 e. The molecule has 0 unspecified atom stereocenters. The molecule has 3 rings (SSSR count). The second-order valence-electron chi connectivity index (χ2n) is 7.15. The number of ketones is 1. The predicted molar refractivity (Wildman–Crippen MR) is 114 cm³/mol. The van der Waals surface area contributed by atoms with Crippen molar-refractivity contribution in [3.8, 4) is 11.5 Å². The number of hydrogen-bond donors (Lipinski definition) is 0. The van der Waals surface area contributed by atoms with Crippen molar-refractivity contribution in [3.63, 3.8) is 0 Å². The molecule has 1 saturated heterocycles. The first-order valence-corrected chi connectivity index (χ1v) is 9.49. The molecule has 0 aliphatic carbocycles. The summed E-state index contributed by atoms with van der Waals surface area (Å²) >= 11 is 0. The summed E-state index contributed by atoms with van der Waals surface area (Å²) in [6.07, 6.45) is 3.90. The third kappa shape index (κ3) is 4.34. The zero-order chi connectivity index (χ0) is 20.1. The zero-order valence-corrected chi connectivity index (χ0v) is 16.9. The van der Waals surface area contributed by atoms with Crippen molar-refractivity contribution in [2.24, 2.45) is 0 Å². The summed E-state index contributed by atoms with van der Waals surface area (Å²) in [6, 6.07) is 15.8. The molecule has 4 nitrogen and oxygen atoms in total. The summed E-state index contributed by atoms with van der Waals surface area (Å²) in [5.41, 5.74) is 3.36. The molecule has 4 heteroatoms. The molecule has 2 aromatic carbocycles. The molecule has 0 bridgehead atoms. The fourth-order valence-electron chi connectivity index (χ4n) is 3.38. The Morgan fingerprint density at radius 1 is 0.821 bits per heavy atom. The summed E-state index contributed by atoms with van der Waals surface area (Å²) in [5, 5.41) is 0. The van der Waals surface area contributed by atoms with Gasteiger partial charge in [0.15, 0.2) is 5.78 Å². The van der Waals surface area contributed by atoms with Crippen molar-refractivity contribution in [2.45, 2.75) is 19.9 Å². The highest BCUT2D eigenvalue weighted by Gasteiger charge is 2.28. The van der Waals surface area contributed by atoms with Crippen LogP contribution in [0.25, 0.3) is 12.2 Å². The monoisotopic (exact) mass is 377 g/mol. The second-order valence-corrected chi connectivity index (χ2v) is 7.15. The normalized spacial score (nSPS) is 18.1. The number of likely N-dealkylation sites (tertiary alicyclic amines) is 1. The van der Waals surface area contributed by atoms with Gasteiger partial charge >= 0.3 is 0 Å². The molecular formula is C24H27NO3. The Hall–Kier alpha value is -2.85. The van der Waals surface area contributed by atoms with Crippen LogP contribution < -0.4 is 9.47 Å². The van der Waals surface area contributed by atoms with Crippen molar-refractivity contribution in [2.75, 3.05) is 27.3 Å². The quantitative estimate of drug-likeness (QED) is 0.721. The molecule has 0 radical (unpaired) electrons. The van der Waals surface area contributed by atoms with E-state index in [1.807, 2.05) is 60.7 Å². The maximum absolute atomic E-state index is 13.3. The number of para-hydroxylation sites is 2. The van der Waals surface area contributed by atoms with E-state index in [0.29, 0.717) is 19.1 Å². The van der Waals surface area contributed by atoms with Crippen LogP contribution in [0.2, 0.25) is 0 Å². The smallest absolute Gasteiger partial charge is 0.187 e. The highest BCUT2D eigenvalue weighted by molar-refractivity contribution is 6.14. The summed E-state index contributed by atoms with van der Waals surface area (Å²) in [7, 11) is 3.29. The van der Waals surface area contributed by atoms with Crippen LogP contribution in [0.1, 0.15) is 25.0 Å². The number of ether oxygens (including phenoxy) is 2. The van der Waals surface area contributed by atoms with Gasteiger partial charge in [0.1, 0.15) is 11.5 Å². The van der Waals surface area contributed by atoms with Gasteiger partial charge in [0.05, 0.1) is 14.2 Å². The van der Waals surface area contributed by atoms with Gasteiger partial charge in [-0.05, 0) is 38.1 Å². The number of benzene rings is 2. The Balaban J connectivity index is 2.03. The van der Waals surface area contributed by atoms with E-state index in [1.165, 1.54) is 0 Å². The number of methoxy groups -OCH3 is 2. The molecule has 0 spiro atoms. The molecular weight excluding hydrogens is 350 g/mol. The first-order chi connectivity index (χ1) is 13.5. The molecule has 1 aliphatic heterocycles. The number of piperidine rings is 1. The molecule has 1 aliphatic rings. The number of nitrogens with zero attached hydrogens (tertiary/aromatic N) is 1. The molecule has 0 atom stereocenters. The molecule has 2 aromatic rings. The topological polar surface area (TPSA) is 38.8 Å². The first kappa shape index (κ1) is 19.9. The van der Waals surface area contributed by atoms with Gasteiger partial charge in [-0.3, -0.25) is 9.69 Å². The highest BCUT2D eigenvalue weighted by Crippen LogP contribution is 2.28. The van der Waals surface area contributed by atoms with E-state index in [1.54, 1.807) is 14.2 Å². The standard InChI is InChI=1S/C24H27NO3/c1-17(2)25-15-20(13-18-9-5-7-11-22(18)27-3)24(26)21(16-25)14-19-10-6-8-12-23(19)28-4/h5-14,17H,15-16H2,1-4H3. The minimum atomic E-state index is 0.0775. The fourth-order valence-corrected chi connectivity index (χ4v) is 3.38. The van der Waals surface area contributed by atoms with Gasteiger partial charge in [0, 0.05) is 41.4 Å². The van der Waals surface area contributed by atoms with E-state index < -0.39 is 0 Å². The number of hydrogen-bond acceptors (Lipinski definition) is 4. The van der Waals surface area contributed by atoms with E-state index >= 15 is 0 Å². The average Bonchev–Trinajstić information content (AvgIpc) is 2.71. The number of carbonyl (C=O) groups is 1. The molecule has 0 aromatic heterocycles. The van der Waals surface area contributed by atoms with Crippen molar-refractivity contribution in [3.05, 3.63) is 70.8 Å². The van der Waals surface area contributed by atoms with Crippen LogP contribution in [0.4, 0.5) is 0 Å². The molecule has 0 saturated carbocycles. The summed E-state index contributed by atoms with van der Waals surface area (Å²) in [5.74, 6) is 1.60. The van der Waals surface area contributed by atoms with Crippen molar-refractivity contribution >= 4 is 17.9 Å². The molecule has 1 fully saturated rings. The fraction of sp³-hybridized carbons (Fsp3) is 0.292. The van der Waals surface area contributed by atoms with Gasteiger partial charge in [-0.1, -0.05) is 36.4 Å². The third-order valence-electron chi connectivity index (χ3n) is 5.00. The second kappa shape index (κ2) is 8.89. The maximum atomic E-state index is 13.3. The maximum Gasteiger partial charge on any atom is 0.187 e. The van der Waals surface area contributed by atoms with Crippen molar-refractivity contribution < 1.29 is 14.3 Å². The zero-order valence-electron chi connectivity index (χ0n) is 16.9. The van der Waals surface area contributed by atoms with Crippen LogP contribution in [0, 0.1) is 0 Å². The number of rotatable bonds is 5. The van der Waals surface area contributed by atoms with Gasteiger partial charge in [-0.2, -0.15) is 0 Å². The lowest BCUT2D eigenvalue weighted by Gasteiger charge is -2.33. The summed E-state index contributed by atoms with van der Waals surface area (Å²) in [6.45, 7) is 5.55. The minimum Gasteiger partial charge on any atom is -0.496 e. The lowest BCUT2D eigenvalue weighted by molar-refractivity contribution is -0.113. The SMILES string of the molecule is COc1ccccc1C=C1CN(C(C)C)CC(=Cc2ccccc2OC)C1=O. The summed E-state index contributed by atoms with van der Waals surface area (Å²) in [4.78, 5) is 15.6. The minimum absolute atomic E-state index is 0.0775. The first-order valence-electron chi connectivity index (χ1n) is 9.49. The van der Waals surface area contributed by atoms with E-state index in [-0.39, 0.29) is 5.78 Å². The van der Waals surface area contributed by atoms with Crippen LogP contribution in [-0.2, 0) is 4.79 Å². The Morgan fingerprint density at radius 2 is 1.25 bits per heavy atom. The lowest BCUT2D eigenvalue weighted by Crippen LogP contribution is -2.41. The van der Waals surface area contributed by atoms with E-state index in [9.17, 15) is 4.79 Å². The Kier molecular flexibility index (Phi) is 6.32. The van der Waals surface area contributed by atoms with Crippen LogP contribution in [-0.4, -0.2) is 44.0 Å². The molecule has 28 heavy (non-hydrogen) atoms. The van der Waals surface area contributed by atoms with Crippen molar-refractivity contribution in [1.29, 1.82) is 0 Å². The Bertz CT molecular complexity index is 842. The lowest BCUT2D eigenvalue weighted by atomic mass is 9.93. The van der Waals surface area contributed by atoms with Crippen LogP contribution in [0.3, 0.4) is 0 Å². The molecule has 146 valence electrons. The molecule has 0 N–H and O–H groups in total. The van der Waals surface area contributed by atoms with Crippen LogP contribution in [0.5, 0.6) is 11.5 Å². The average molecular weight is 377 g/mol. The third-order valence-corrected chi connectivity index (χ3v) is 5.00. The van der Waals surface area contributed by atoms with E-state index in [0.717, 1.165) is 33.8 Å². The Morgan fingerprint density at radius 3 is 1.64 bits per heavy atom. The van der Waals surface area contributed by atoms with Gasteiger partial charge in [0.2, 0.25) is 0 Å². The van der Waals surface area contributed by atoms with Gasteiger partial charge in [-0.15, -0.1) is 0 Å². The predicted octanol–water partition coefficient (Wildman–Crippen LogP) is 4.46. The molecule has 0 amide bonds. The number of carbonyl (C=O) groups excluding carboxylic acids is 1. The van der Waals surface area contributed by atoms with Crippen molar-refractivity contribution in [1.82, 2.24) is 4.90 Å². The van der Waals surface area contributed by atoms with Gasteiger partial charge in [-0.25, -0.2) is 0 Å². The van der Waals surface area contributed by atoms with E-state index in [4.69, 9.17) is 9.47 Å². The highest BCUT2D eigenvalue weighted by atomic mass is 16.5. The van der Waals surface area contributed by atoms with Crippen LogP contribution >= 0.6 is 0 Å². The van der Waals surface area contributed by atoms with Gasteiger partial charge in [0.25, 0.3) is 0 Å². The van der Waals surface area contributed by atoms with Gasteiger partial charge < -0.3 is 9.47 Å². The van der Waals surface area contributed by atoms with E-state index in [2.05, 4.69) is 18.7 Å². The number of Topliss-reactive ketones (excluding diaryl/α,β-unsaturated/α-hetero) is 1.